The lowest BCUT2D eigenvalue weighted by Crippen LogP contribution is -2.33. The van der Waals surface area contributed by atoms with Crippen LogP contribution in [-0.4, -0.2) is 43.0 Å². The summed E-state index contributed by atoms with van der Waals surface area (Å²) in [4.78, 5) is 50.3. The van der Waals surface area contributed by atoms with Gasteiger partial charge in [0.25, 0.3) is 5.91 Å². The summed E-state index contributed by atoms with van der Waals surface area (Å²) in [5.74, 6) is -1.83. The normalized spacial score (nSPS) is 18.7. The number of nitrogens with zero attached hydrogens (tertiary/aromatic N) is 2. The fourth-order valence-corrected chi connectivity index (χ4v) is 3.75. The first-order valence-electron chi connectivity index (χ1n) is 9.94. The second kappa shape index (κ2) is 8.26. The maximum absolute atomic E-state index is 14.9. The number of rotatable bonds is 4. The van der Waals surface area contributed by atoms with Crippen LogP contribution in [0.25, 0.3) is 11.6 Å². The molecule has 9 heteroatoms. The molecule has 2 heterocycles. The van der Waals surface area contributed by atoms with Crippen LogP contribution >= 0.6 is 0 Å². The fraction of sp³-hybridized carbons (Fsp3) is 0.217. The van der Waals surface area contributed by atoms with Crippen molar-refractivity contribution in [1.29, 1.82) is 0 Å². The molecule has 2 aromatic carbocycles. The minimum Gasteiger partial charge on any atom is -0.442 e. The number of para-hydroxylation sites is 1. The molecular weight excluding hydrogens is 417 g/mol. The first-order valence-corrected chi connectivity index (χ1v) is 9.94. The monoisotopic (exact) mass is 437 g/mol. The molecule has 8 nitrogen and oxygen atoms in total. The lowest BCUT2D eigenvalue weighted by Gasteiger charge is -2.14. The number of fused-ring (bicyclic) bond motifs is 1. The van der Waals surface area contributed by atoms with Gasteiger partial charge in [0.05, 0.1) is 30.0 Å². The number of halogens is 1. The second-order valence-corrected chi connectivity index (χ2v) is 7.49. The number of carbonyl (C=O) groups is 4. The summed E-state index contributed by atoms with van der Waals surface area (Å²) in [6, 6.07) is 11.0. The Kier molecular flexibility index (Phi) is 5.48. The highest BCUT2D eigenvalue weighted by atomic mass is 19.1. The Morgan fingerprint density at radius 3 is 2.62 bits per heavy atom. The van der Waals surface area contributed by atoms with Gasteiger partial charge in [-0.2, -0.15) is 0 Å². The number of hydrogen-bond donors (Lipinski definition) is 1. The number of nitrogens with one attached hydrogen (secondary N) is 1. The quantitative estimate of drug-likeness (QED) is 0.742. The molecule has 0 saturated carbocycles. The molecule has 2 aliphatic rings. The first-order chi connectivity index (χ1) is 15.3. The Hall–Kier alpha value is -4.01. The van der Waals surface area contributed by atoms with Crippen molar-refractivity contribution >= 4 is 46.8 Å². The topological polar surface area (TPSA) is 96.0 Å². The highest BCUT2D eigenvalue weighted by Gasteiger charge is 2.35. The van der Waals surface area contributed by atoms with Crippen LogP contribution in [0.4, 0.5) is 20.6 Å². The van der Waals surface area contributed by atoms with Gasteiger partial charge in [0.15, 0.2) is 0 Å². The number of cyclic esters (lactones) is 1. The van der Waals surface area contributed by atoms with Crippen molar-refractivity contribution in [2.45, 2.75) is 20.0 Å². The first kappa shape index (κ1) is 21.2. The summed E-state index contributed by atoms with van der Waals surface area (Å²) in [5, 5.41) is 2.58. The Balaban J connectivity index is 1.60. The van der Waals surface area contributed by atoms with E-state index in [1.54, 1.807) is 30.3 Å². The number of carbonyl (C=O) groups excluding carboxylic acids is 4. The van der Waals surface area contributed by atoms with E-state index < -0.39 is 29.8 Å². The van der Waals surface area contributed by atoms with E-state index in [9.17, 15) is 23.6 Å². The van der Waals surface area contributed by atoms with Gasteiger partial charge >= 0.3 is 6.09 Å². The second-order valence-electron chi connectivity index (χ2n) is 7.49. The highest BCUT2D eigenvalue weighted by Crippen LogP contribution is 2.38. The van der Waals surface area contributed by atoms with Crippen LogP contribution in [0, 0.1) is 5.82 Å². The van der Waals surface area contributed by atoms with Gasteiger partial charge in [0.2, 0.25) is 11.8 Å². The molecule has 0 bridgehead atoms. The summed E-state index contributed by atoms with van der Waals surface area (Å²) in [7, 11) is 0. The summed E-state index contributed by atoms with van der Waals surface area (Å²) >= 11 is 0. The summed E-state index contributed by atoms with van der Waals surface area (Å²) in [6.45, 7) is 2.98. The zero-order valence-corrected chi connectivity index (χ0v) is 17.4. The van der Waals surface area contributed by atoms with Crippen LogP contribution < -0.4 is 15.1 Å². The molecule has 1 N–H and O–H groups in total. The molecule has 4 amide bonds. The molecule has 32 heavy (non-hydrogen) atoms. The number of benzene rings is 2. The van der Waals surface area contributed by atoms with Crippen molar-refractivity contribution in [2.24, 2.45) is 0 Å². The minimum absolute atomic E-state index is 0.139. The van der Waals surface area contributed by atoms with Crippen molar-refractivity contribution < 1.29 is 28.3 Å². The van der Waals surface area contributed by atoms with Crippen LogP contribution in [0.15, 0.2) is 42.5 Å². The molecule has 4 rings (SSSR count). The molecule has 1 saturated heterocycles. The van der Waals surface area contributed by atoms with Crippen LogP contribution in [-0.2, 0) is 19.1 Å². The molecule has 0 spiro atoms. The Morgan fingerprint density at radius 1 is 1.19 bits per heavy atom. The predicted octanol–water partition coefficient (Wildman–Crippen LogP) is 2.72. The largest absolute Gasteiger partial charge is 0.442 e. The number of ether oxygens (including phenoxy) is 1. The summed E-state index contributed by atoms with van der Waals surface area (Å²) < 4.78 is 20.1. The zero-order valence-electron chi connectivity index (χ0n) is 17.4. The van der Waals surface area contributed by atoms with Gasteiger partial charge in [0, 0.05) is 25.0 Å². The number of imide groups is 1. The molecule has 2 aromatic rings. The zero-order chi connectivity index (χ0) is 23.0. The third-order valence-corrected chi connectivity index (χ3v) is 5.23. The molecule has 2 aliphatic heterocycles. The lowest BCUT2D eigenvalue weighted by atomic mass is 10.0. The van der Waals surface area contributed by atoms with Gasteiger partial charge in [0.1, 0.15) is 11.9 Å². The van der Waals surface area contributed by atoms with Crippen molar-refractivity contribution in [3.8, 4) is 0 Å². The highest BCUT2D eigenvalue weighted by molar-refractivity contribution is 6.41. The van der Waals surface area contributed by atoms with E-state index in [-0.39, 0.29) is 30.1 Å². The van der Waals surface area contributed by atoms with E-state index in [0.29, 0.717) is 16.9 Å². The van der Waals surface area contributed by atoms with Gasteiger partial charge in [-0.05, 0) is 30.3 Å². The predicted molar refractivity (Wildman–Crippen MR) is 115 cm³/mol. The lowest BCUT2D eigenvalue weighted by molar-refractivity contribution is -0.122. The minimum atomic E-state index is -0.639. The standard InChI is InChI=1S/C23H20FN3O5/c1-13(28)25-11-17-12-26(23(31)32-17)16-8-7-15(20(24)10-16)9-19-18-5-3-4-6-21(18)27(14(2)29)22(19)30/h3-10,17H,11-12H2,1-2H3,(H,25,28)/b19-9+/t17-/m0/s1. The van der Waals surface area contributed by atoms with Gasteiger partial charge in [-0.15, -0.1) is 0 Å². The van der Waals surface area contributed by atoms with Gasteiger partial charge in [-0.1, -0.05) is 18.2 Å². The van der Waals surface area contributed by atoms with Crippen LogP contribution in [0.3, 0.4) is 0 Å². The van der Waals surface area contributed by atoms with Crippen molar-refractivity contribution in [3.63, 3.8) is 0 Å². The van der Waals surface area contributed by atoms with Crippen LogP contribution in [0.2, 0.25) is 0 Å². The van der Waals surface area contributed by atoms with Gasteiger partial charge in [-0.25, -0.2) is 14.1 Å². The smallest absolute Gasteiger partial charge is 0.414 e. The molecular formula is C23H20FN3O5. The van der Waals surface area contributed by atoms with Crippen LogP contribution in [0.5, 0.6) is 0 Å². The number of amides is 4. The summed E-state index contributed by atoms with van der Waals surface area (Å²) in [5.41, 5.74) is 1.64. The number of hydrogen-bond acceptors (Lipinski definition) is 5. The molecule has 0 aliphatic carbocycles. The van der Waals surface area contributed by atoms with Gasteiger partial charge in [-0.3, -0.25) is 19.3 Å². The van der Waals surface area contributed by atoms with Gasteiger partial charge < -0.3 is 10.1 Å². The molecule has 1 atom stereocenters. The summed E-state index contributed by atoms with van der Waals surface area (Å²) in [6.07, 6.45) is 0.217. The molecule has 0 radical (unpaired) electrons. The molecule has 0 aromatic heterocycles. The SMILES string of the molecule is CC(=O)NC[C@H]1CN(c2ccc(/C=C3/C(=O)N(C(C)=O)c4ccccc43)c(F)c2)C(=O)O1. The van der Waals surface area contributed by atoms with E-state index in [0.717, 1.165) is 4.90 Å². The Labute approximate surface area is 183 Å². The maximum atomic E-state index is 14.9. The van der Waals surface area contributed by atoms with E-state index in [2.05, 4.69) is 5.32 Å². The van der Waals surface area contributed by atoms with Crippen LogP contribution in [0.1, 0.15) is 25.0 Å². The molecule has 1 fully saturated rings. The van der Waals surface area contributed by atoms with Crippen molar-refractivity contribution in [3.05, 3.63) is 59.4 Å². The Bertz CT molecular complexity index is 1180. The van der Waals surface area contributed by atoms with E-state index in [4.69, 9.17) is 4.74 Å². The average Bonchev–Trinajstić information content (AvgIpc) is 3.25. The molecule has 164 valence electrons. The van der Waals surface area contributed by atoms with Crippen molar-refractivity contribution in [1.82, 2.24) is 5.32 Å². The third-order valence-electron chi connectivity index (χ3n) is 5.23. The van der Waals surface area contributed by atoms with E-state index >= 15 is 0 Å². The Morgan fingerprint density at radius 2 is 1.94 bits per heavy atom. The average molecular weight is 437 g/mol. The maximum Gasteiger partial charge on any atom is 0.414 e. The molecule has 0 unspecified atom stereocenters. The van der Waals surface area contributed by atoms with E-state index in [1.807, 2.05) is 0 Å². The fourth-order valence-electron chi connectivity index (χ4n) is 3.75. The number of anilines is 2. The van der Waals surface area contributed by atoms with E-state index in [1.165, 1.54) is 37.0 Å². The third kappa shape index (κ3) is 3.84. The van der Waals surface area contributed by atoms with Crippen molar-refractivity contribution in [2.75, 3.05) is 22.9 Å².